The fourth-order valence-corrected chi connectivity index (χ4v) is 3.39. The molecule has 1 aliphatic heterocycles. The van der Waals surface area contributed by atoms with Crippen LogP contribution in [-0.2, 0) is 6.54 Å². The first-order valence-corrected chi connectivity index (χ1v) is 8.25. The van der Waals surface area contributed by atoms with Crippen molar-refractivity contribution >= 4 is 5.95 Å². The molecule has 22 heavy (non-hydrogen) atoms. The Morgan fingerprint density at radius 1 is 1.23 bits per heavy atom. The molecule has 0 unspecified atom stereocenters. The molecule has 0 amide bonds. The van der Waals surface area contributed by atoms with Gasteiger partial charge in [-0.25, -0.2) is 9.97 Å². The second-order valence-corrected chi connectivity index (χ2v) is 6.03. The molecule has 4 nitrogen and oxygen atoms in total. The number of nitrogens with one attached hydrogen (secondary N) is 1. The third-order valence-corrected chi connectivity index (χ3v) is 4.45. The zero-order chi connectivity index (χ0) is 15.8. The lowest BCUT2D eigenvalue weighted by Gasteiger charge is -2.47. The number of rotatable bonds is 8. The van der Waals surface area contributed by atoms with Crippen LogP contribution in [0.15, 0.2) is 37.7 Å². The lowest BCUT2D eigenvalue weighted by Crippen LogP contribution is -2.50. The van der Waals surface area contributed by atoms with E-state index in [1.807, 2.05) is 31.5 Å². The van der Waals surface area contributed by atoms with Gasteiger partial charge in [-0.05, 0) is 39.2 Å². The van der Waals surface area contributed by atoms with Gasteiger partial charge < -0.3 is 5.32 Å². The van der Waals surface area contributed by atoms with Gasteiger partial charge in [-0.2, -0.15) is 0 Å². The van der Waals surface area contributed by atoms with E-state index in [0.29, 0.717) is 5.95 Å². The standard InChI is InChI=1S/C18H28N4/c1-4-9-18(10-5-2)11-7-8-12-22(18)15-16-13-20-17(19-6-3)21-14-16/h4-5,13-14H,1-2,6-12,15H2,3H3,(H,19,20,21). The molecular formula is C18H28N4. The molecule has 0 aliphatic carbocycles. The third-order valence-electron chi connectivity index (χ3n) is 4.45. The summed E-state index contributed by atoms with van der Waals surface area (Å²) in [5.74, 6) is 0.702. The third kappa shape index (κ3) is 3.95. The summed E-state index contributed by atoms with van der Waals surface area (Å²) in [5.41, 5.74) is 1.34. The average Bonchev–Trinajstić information content (AvgIpc) is 2.52. The smallest absolute Gasteiger partial charge is 0.222 e. The van der Waals surface area contributed by atoms with E-state index in [-0.39, 0.29) is 5.54 Å². The molecule has 4 heteroatoms. The van der Waals surface area contributed by atoms with Crippen LogP contribution < -0.4 is 5.32 Å². The Kier molecular flexibility index (Phi) is 6.13. The highest BCUT2D eigenvalue weighted by Gasteiger charge is 2.36. The number of nitrogens with zero attached hydrogens (tertiary/aromatic N) is 3. The van der Waals surface area contributed by atoms with Crippen molar-refractivity contribution in [2.75, 3.05) is 18.4 Å². The molecule has 1 fully saturated rings. The number of anilines is 1. The Hall–Kier alpha value is -1.68. The molecule has 0 saturated carbocycles. The molecule has 0 bridgehead atoms. The van der Waals surface area contributed by atoms with Gasteiger partial charge >= 0.3 is 0 Å². The lowest BCUT2D eigenvalue weighted by molar-refractivity contribution is 0.0425. The van der Waals surface area contributed by atoms with Gasteiger partial charge in [-0.1, -0.05) is 18.6 Å². The molecule has 0 spiro atoms. The van der Waals surface area contributed by atoms with E-state index in [4.69, 9.17) is 0 Å². The molecular weight excluding hydrogens is 272 g/mol. The maximum absolute atomic E-state index is 4.38. The maximum Gasteiger partial charge on any atom is 0.222 e. The molecule has 120 valence electrons. The summed E-state index contributed by atoms with van der Waals surface area (Å²) in [7, 11) is 0. The largest absolute Gasteiger partial charge is 0.355 e. The monoisotopic (exact) mass is 300 g/mol. The summed E-state index contributed by atoms with van der Waals surface area (Å²) >= 11 is 0. The predicted molar refractivity (Wildman–Crippen MR) is 92.8 cm³/mol. The fourth-order valence-electron chi connectivity index (χ4n) is 3.39. The normalized spacial score (nSPS) is 17.9. The molecule has 0 aromatic carbocycles. The quantitative estimate of drug-likeness (QED) is 0.742. The van der Waals surface area contributed by atoms with Crippen LogP contribution in [0.4, 0.5) is 5.95 Å². The molecule has 1 saturated heterocycles. The van der Waals surface area contributed by atoms with Crippen LogP contribution in [0.2, 0.25) is 0 Å². The van der Waals surface area contributed by atoms with E-state index in [1.165, 1.54) is 24.8 Å². The summed E-state index contributed by atoms with van der Waals surface area (Å²) in [6.45, 7) is 12.8. The summed E-state index contributed by atoms with van der Waals surface area (Å²) in [6, 6.07) is 0. The first-order chi connectivity index (χ1) is 10.7. The summed E-state index contributed by atoms with van der Waals surface area (Å²) < 4.78 is 0. The van der Waals surface area contributed by atoms with Crippen molar-refractivity contribution in [2.24, 2.45) is 0 Å². The van der Waals surface area contributed by atoms with E-state index < -0.39 is 0 Å². The number of aromatic nitrogens is 2. The van der Waals surface area contributed by atoms with E-state index in [9.17, 15) is 0 Å². The van der Waals surface area contributed by atoms with Crippen molar-refractivity contribution in [1.82, 2.24) is 14.9 Å². The van der Waals surface area contributed by atoms with Crippen molar-refractivity contribution in [1.29, 1.82) is 0 Å². The van der Waals surface area contributed by atoms with Gasteiger partial charge in [0.15, 0.2) is 0 Å². The van der Waals surface area contributed by atoms with Gasteiger partial charge in [0.05, 0.1) is 0 Å². The van der Waals surface area contributed by atoms with Crippen molar-refractivity contribution < 1.29 is 0 Å². The van der Waals surface area contributed by atoms with E-state index in [2.05, 4.69) is 33.3 Å². The van der Waals surface area contributed by atoms with E-state index >= 15 is 0 Å². The highest BCUT2D eigenvalue weighted by Crippen LogP contribution is 2.36. The minimum absolute atomic E-state index is 0.169. The van der Waals surface area contributed by atoms with Crippen molar-refractivity contribution in [3.63, 3.8) is 0 Å². The number of piperidine rings is 1. The Balaban J connectivity index is 2.12. The first kappa shape index (κ1) is 16.7. The molecule has 2 heterocycles. The van der Waals surface area contributed by atoms with Gasteiger partial charge in [0, 0.05) is 36.6 Å². The second-order valence-electron chi connectivity index (χ2n) is 6.03. The minimum atomic E-state index is 0.169. The van der Waals surface area contributed by atoms with Crippen LogP contribution in [0.5, 0.6) is 0 Å². The maximum atomic E-state index is 4.38. The van der Waals surface area contributed by atoms with Crippen LogP contribution in [0.3, 0.4) is 0 Å². The average molecular weight is 300 g/mol. The first-order valence-electron chi connectivity index (χ1n) is 8.25. The fraction of sp³-hybridized carbons (Fsp3) is 0.556. The van der Waals surface area contributed by atoms with E-state index in [0.717, 1.165) is 32.5 Å². The SMILES string of the molecule is C=CCC1(CC=C)CCCCN1Cc1cnc(NCC)nc1. The summed E-state index contributed by atoms with van der Waals surface area (Å²) in [4.78, 5) is 11.3. The molecule has 0 radical (unpaired) electrons. The van der Waals surface area contributed by atoms with Crippen LogP contribution in [0.25, 0.3) is 0 Å². The lowest BCUT2D eigenvalue weighted by atomic mass is 9.80. The molecule has 1 aromatic rings. The number of hydrogen-bond donors (Lipinski definition) is 1. The Bertz CT molecular complexity index is 470. The Labute approximate surface area is 134 Å². The topological polar surface area (TPSA) is 41.1 Å². The van der Waals surface area contributed by atoms with Crippen LogP contribution in [-0.4, -0.2) is 33.5 Å². The Morgan fingerprint density at radius 3 is 2.50 bits per heavy atom. The molecule has 1 N–H and O–H groups in total. The van der Waals surface area contributed by atoms with Gasteiger partial charge in [-0.15, -0.1) is 13.2 Å². The molecule has 1 aliphatic rings. The number of likely N-dealkylation sites (tertiary alicyclic amines) is 1. The van der Waals surface area contributed by atoms with Crippen molar-refractivity contribution in [3.8, 4) is 0 Å². The van der Waals surface area contributed by atoms with Crippen molar-refractivity contribution in [2.45, 2.75) is 51.1 Å². The van der Waals surface area contributed by atoms with Crippen molar-refractivity contribution in [3.05, 3.63) is 43.3 Å². The van der Waals surface area contributed by atoms with Gasteiger partial charge in [0.1, 0.15) is 0 Å². The van der Waals surface area contributed by atoms with E-state index in [1.54, 1.807) is 0 Å². The summed E-state index contributed by atoms with van der Waals surface area (Å²) in [6.07, 6.45) is 13.7. The molecule has 2 rings (SSSR count). The highest BCUT2D eigenvalue weighted by atomic mass is 15.2. The highest BCUT2D eigenvalue weighted by molar-refractivity contribution is 5.24. The summed E-state index contributed by atoms with van der Waals surface area (Å²) in [5, 5.41) is 3.13. The van der Waals surface area contributed by atoms with Gasteiger partial charge in [0.25, 0.3) is 0 Å². The van der Waals surface area contributed by atoms with Crippen LogP contribution in [0, 0.1) is 0 Å². The van der Waals surface area contributed by atoms with Crippen LogP contribution >= 0.6 is 0 Å². The molecule has 0 atom stereocenters. The predicted octanol–water partition coefficient (Wildman–Crippen LogP) is 3.79. The minimum Gasteiger partial charge on any atom is -0.355 e. The Morgan fingerprint density at radius 2 is 1.91 bits per heavy atom. The van der Waals surface area contributed by atoms with Crippen LogP contribution in [0.1, 0.15) is 44.6 Å². The number of hydrogen-bond acceptors (Lipinski definition) is 4. The zero-order valence-corrected chi connectivity index (χ0v) is 13.7. The second kappa shape index (κ2) is 8.08. The van der Waals surface area contributed by atoms with Gasteiger partial charge in [0.2, 0.25) is 5.95 Å². The molecule has 1 aromatic heterocycles. The van der Waals surface area contributed by atoms with Gasteiger partial charge in [-0.3, -0.25) is 4.90 Å². The zero-order valence-electron chi connectivity index (χ0n) is 13.7.